The summed E-state index contributed by atoms with van der Waals surface area (Å²) in [5, 5.41) is 6.56. The van der Waals surface area contributed by atoms with Crippen molar-refractivity contribution in [1.29, 1.82) is 0 Å². The number of likely N-dealkylation sites (N-methyl/N-ethyl adjacent to an activating group) is 1. The molecule has 4 heterocycles. The van der Waals surface area contributed by atoms with E-state index < -0.39 is 24.2 Å². The van der Waals surface area contributed by atoms with E-state index in [-0.39, 0.29) is 41.9 Å². The minimum atomic E-state index is -1.18. The Morgan fingerprint density at radius 2 is 1.85 bits per heavy atom. The van der Waals surface area contributed by atoms with Gasteiger partial charge < -0.3 is 35.0 Å². The molecule has 0 radical (unpaired) electrons. The topological polar surface area (TPSA) is 80.4 Å². The number of rotatable bonds is 9. The van der Waals surface area contributed by atoms with Crippen molar-refractivity contribution in [3.63, 3.8) is 0 Å². The van der Waals surface area contributed by atoms with Crippen molar-refractivity contribution in [2.24, 2.45) is 5.92 Å². The molecule has 230 valence electrons. The second kappa shape index (κ2) is 13.0. The summed E-state index contributed by atoms with van der Waals surface area (Å²) in [5.74, 6) is -1.06. The molecular formula is C31H51FN6O3. The van der Waals surface area contributed by atoms with E-state index in [9.17, 15) is 9.59 Å². The fraction of sp³-hybridized carbons (Fsp3) is 0.871. The standard InChI is InChI=1S/C31H51FN6O3/c1-35-15-17-37(18-16-35)14-6-11-33-27-24(32)19-22-28-30(27)41-26-9-4-3-8-25(26)38(28)20-23(29(22)39)31(40)34-12-10-21-7-5-13-36(21)2/h20-22,24-28,30,33H,3-19H2,1-2H3,(H,34,40). The zero-order valence-corrected chi connectivity index (χ0v) is 25.1. The summed E-state index contributed by atoms with van der Waals surface area (Å²) in [6, 6.07) is -0.0262. The van der Waals surface area contributed by atoms with Gasteiger partial charge >= 0.3 is 0 Å². The quantitative estimate of drug-likeness (QED) is 0.316. The molecule has 5 fully saturated rings. The lowest BCUT2D eigenvalue weighted by molar-refractivity contribution is -0.197. The number of morpholine rings is 1. The van der Waals surface area contributed by atoms with E-state index in [1.165, 1.54) is 6.42 Å². The molecule has 0 bridgehead atoms. The largest absolute Gasteiger partial charge is 0.369 e. The number of ether oxygens (including phenoxy) is 1. The van der Waals surface area contributed by atoms with Crippen LogP contribution in [0.4, 0.5) is 4.39 Å². The Hall–Kier alpha value is -1.59. The van der Waals surface area contributed by atoms with Crippen LogP contribution >= 0.6 is 0 Å². The second-order valence-corrected chi connectivity index (χ2v) is 13.5. The molecule has 1 amide bonds. The number of hydrogen-bond acceptors (Lipinski definition) is 8. The molecule has 0 aromatic carbocycles. The lowest BCUT2D eigenvalue weighted by atomic mass is 9.69. The smallest absolute Gasteiger partial charge is 0.256 e. The maximum atomic E-state index is 15.9. The van der Waals surface area contributed by atoms with Crippen molar-refractivity contribution >= 4 is 11.7 Å². The summed E-state index contributed by atoms with van der Waals surface area (Å²) < 4.78 is 22.6. The van der Waals surface area contributed by atoms with Crippen molar-refractivity contribution in [3.8, 4) is 0 Å². The van der Waals surface area contributed by atoms with Gasteiger partial charge in [-0.2, -0.15) is 0 Å². The highest BCUT2D eigenvalue weighted by Crippen LogP contribution is 2.45. The van der Waals surface area contributed by atoms with Gasteiger partial charge in [-0.05, 0) is 78.7 Å². The molecule has 8 atom stereocenters. The molecule has 2 N–H and O–H groups in total. The van der Waals surface area contributed by atoms with Gasteiger partial charge in [-0.15, -0.1) is 0 Å². The molecule has 6 aliphatic rings. The van der Waals surface area contributed by atoms with E-state index in [0.29, 0.717) is 12.6 Å². The van der Waals surface area contributed by atoms with E-state index in [1.807, 2.05) is 6.20 Å². The first-order chi connectivity index (χ1) is 19.9. The van der Waals surface area contributed by atoms with Gasteiger partial charge in [0.25, 0.3) is 5.91 Å². The van der Waals surface area contributed by atoms with Crippen LogP contribution in [0.25, 0.3) is 0 Å². The number of alkyl halides is 1. The summed E-state index contributed by atoms with van der Waals surface area (Å²) in [6.07, 6.45) is 8.74. The number of Topliss-reactive ketones (excluding diaryl/α,β-unsaturated/α-hetero) is 1. The summed E-state index contributed by atoms with van der Waals surface area (Å²) in [5.41, 5.74) is 0.210. The molecule has 4 aliphatic heterocycles. The SMILES string of the molecule is CN1CCN(CCCNC2C(F)CC3C(=O)C(C(=O)NCCC4CCCN4C)=CN4C5CCCCC5OC2C34)CC1. The van der Waals surface area contributed by atoms with Gasteiger partial charge in [-0.1, -0.05) is 12.8 Å². The highest BCUT2D eigenvalue weighted by Gasteiger charge is 2.58. The monoisotopic (exact) mass is 574 g/mol. The first-order valence-electron chi connectivity index (χ1n) is 16.4. The number of carbonyl (C=O) groups is 2. The van der Waals surface area contributed by atoms with Crippen molar-refractivity contribution < 1.29 is 18.7 Å². The average Bonchev–Trinajstić information content (AvgIpc) is 3.38. The maximum absolute atomic E-state index is 15.9. The number of amides is 1. The predicted molar refractivity (Wildman–Crippen MR) is 156 cm³/mol. The van der Waals surface area contributed by atoms with Gasteiger partial charge in [-0.25, -0.2) is 4.39 Å². The normalized spacial score (nSPS) is 38.4. The van der Waals surface area contributed by atoms with Gasteiger partial charge in [0, 0.05) is 50.9 Å². The maximum Gasteiger partial charge on any atom is 0.256 e. The van der Waals surface area contributed by atoms with E-state index in [1.54, 1.807) is 0 Å². The van der Waals surface area contributed by atoms with Gasteiger partial charge in [0.2, 0.25) is 0 Å². The van der Waals surface area contributed by atoms with Crippen LogP contribution in [0.2, 0.25) is 0 Å². The Labute approximate surface area is 245 Å². The second-order valence-electron chi connectivity index (χ2n) is 13.5. The molecule has 0 spiro atoms. The van der Waals surface area contributed by atoms with Crippen LogP contribution in [0.3, 0.4) is 0 Å². The number of hydrogen-bond donors (Lipinski definition) is 2. The fourth-order valence-electron chi connectivity index (χ4n) is 8.42. The molecule has 10 heteroatoms. The zero-order valence-electron chi connectivity index (χ0n) is 25.1. The average molecular weight is 575 g/mol. The minimum absolute atomic E-state index is 0.0113. The third kappa shape index (κ3) is 6.23. The molecule has 3 saturated heterocycles. The van der Waals surface area contributed by atoms with Crippen LogP contribution in [0.1, 0.15) is 57.8 Å². The van der Waals surface area contributed by atoms with Crippen molar-refractivity contribution in [1.82, 2.24) is 30.2 Å². The van der Waals surface area contributed by atoms with Crippen LogP contribution in [0.5, 0.6) is 0 Å². The molecule has 6 rings (SSSR count). The lowest BCUT2D eigenvalue weighted by Crippen LogP contribution is -2.72. The molecule has 9 nitrogen and oxygen atoms in total. The van der Waals surface area contributed by atoms with Crippen molar-refractivity contribution in [3.05, 3.63) is 11.8 Å². The van der Waals surface area contributed by atoms with E-state index >= 15 is 4.39 Å². The van der Waals surface area contributed by atoms with Gasteiger partial charge in [0.05, 0.1) is 35.9 Å². The van der Waals surface area contributed by atoms with Crippen molar-refractivity contribution in [2.75, 3.05) is 66.5 Å². The molecule has 0 aromatic heterocycles. The number of likely N-dealkylation sites (tertiary alicyclic amines) is 1. The number of fused-ring (bicyclic) bond motifs is 2. The lowest BCUT2D eigenvalue weighted by Gasteiger charge is -2.59. The first kappa shape index (κ1) is 29.5. The van der Waals surface area contributed by atoms with E-state index in [4.69, 9.17) is 4.74 Å². The predicted octanol–water partition coefficient (Wildman–Crippen LogP) is 1.39. The third-order valence-corrected chi connectivity index (χ3v) is 10.9. The van der Waals surface area contributed by atoms with Crippen molar-refractivity contribution in [2.45, 2.75) is 100 Å². The summed E-state index contributed by atoms with van der Waals surface area (Å²) in [6.45, 7) is 7.76. The number of carbonyl (C=O) groups excluding carboxylic acids is 2. The summed E-state index contributed by atoms with van der Waals surface area (Å²) >= 11 is 0. The van der Waals surface area contributed by atoms with Crippen LogP contribution < -0.4 is 10.6 Å². The van der Waals surface area contributed by atoms with Gasteiger partial charge in [-0.3, -0.25) is 9.59 Å². The molecule has 2 aliphatic carbocycles. The highest BCUT2D eigenvalue weighted by atomic mass is 19.1. The van der Waals surface area contributed by atoms with Crippen LogP contribution in [-0.4, -0.2) is 140 Å². The highest BCUT2D eigenvalue weighted by molar-refractivity contribution is 6.20. The van der Waals surface area contributed by atoms with Crippen LogP contribution in [0, 0.1) is 5.92 Å². The van der Waals surface area contributed by atoms with E-state index in [2.05, 4.69) is 44.3 Å². The Kier molecular flexibility index (Phi) is 9.32. The Bertz CT molecular complexity index is 973. The molecule has 0 aromatic rings. The minimum Gasteiger partial charge on any atom is -0.369 e. The van der Waals surface area contributed by atoms with Gasteiger partial charge in [0.15, 0.2) is 5.78 Å². The van der Waals surface area contributed by atoms with Crippen LogP contribution in [-0.2, 0) is 14.3 Å². The Morgan fingerprint density at radius 1 is 1.05 bits per heavy atom. The van der Waals surface area contributed by atoms with Crippen LogP contribution in [0.15, 0.2) is 11.8 Å². The van der Waals surface area contributed by atoms with E-state index in [0.717, 1.165) is 90.8 Å². The summed E-state index contributed by atoms with van der Waals surface area (Å²) in [4.78, 5) is 36.6. The molecule has 8 unspecified atom stereocenters. The number of piperazine rings is 1. The first-order valence-corrected chi connectivity index (χ1v) is 16.4. The molecule has 2 saturated carbocycles. The Balaban J connectivity index is 1.13. The summed E-state index contributed by atoms with van der Waals surface area (Å²) in [7, 11) is 4.30. The number of nitrogens with zero attached hydrogens (tertiary/aromatic N) is 4. The molecular weight excluding hydrogens is 523 g/mol. The third-order valence-electron chi connectivity index (χ3n) is 10.9. The van der Waals surface area contributed by atoms with Gasteiger partial charge in [0.1, 0.15) is 6.17 Å². The zero-order chi connectivity index (χ0) is 28.5. The number of halogens is 1. The Morgan fingerprint density at radius 3 is 2.63 bits per heavy atom. The molecule has 41 heavy (non-hydrogen) atoms. The fourth-order valence-corrected chi connectivity index (χ4v) is 8.42. The number of ketones is 1. The number of nitrogens with one attached hydrogen (secondary N) is 2.